The Balaban J connectivity index is 2.72. The van der Waals surface area contributed by atoms with Gasteiger partial charge >= 0.3 is 5.97 Å². The minimum atomic E-state index is -0.963. The second-order valence-corrected chi connectivity index (χ2v) is 4.64. The third-order valence-electron chi connectivity index (χ3n) is 2.49. The summed E-state index contributed by atoms with van der Waals surface area (Å²) in [6.07, 6.45) is 0.490. The molecule has 2 N–H and O–H groups in total. The number of ether oxygens (including phenoxy) is 1. The highest BCUT2D eigenvalue weighted by Crippen LogP contribution is 2.22. The summed E-state index contributed by atoms with van der Waals surface area (Å²) in [5.41, 5.74) is 0.0692. The number of aromatic carboxylic acids is 1. The van der Waals surface area contributed by atoms with Crippen LogP contribution < -0.4 is 4.74 Å². The smallest absolute Gasteiger partial charge is 0.336 e. The first-order chi connectivity index (χ1) is 7.81. The Morgan fingerprint density at radius 2 is 2.06 bits per heavy atom. The Morgan fingerprint density at radius 1 is 1.41 bits per heavy atom. The van der Waals surface area contributed by atoms with Gasteiger partial charge in [0.2, 0.25) is 0 Å². The van der Waals surface area contributed by atoms with Crippen LogP contribution in [0.3, 0.4) is 0 Å². The topological polar surface area (TPSA) is 66.8 Å². The van der Waals surface area contributed by atoms with Crippen molar-refractivity contribution in [1.82, 2.24) is 0 Å². The van der Waals surface area contributed by atoms with E-state index in [1.165, 1.54) is 0 Å². The number of hydrogen-bond donors (Lipinski definition) is 2. The Bertz CT molecular complexity index is 404. The summed E-state index contributed by atoms with van der Waals surface area (Å²) in [7, 11) is 0. The number of benzene rings is 1. The van der Waals surface area contributed by atoms with E-state index in [1.807, 2.05) is 0 Å². The largest absolute Gasteiger partial charge is 0.493 e. The number of carboxylic acids is 1. The molecule has 0 unspecified atom stereocenters. The number of aliphatic hydroxyl groups is 1. The Kier molecular flexibility index (Phi) is 4.12. The first kappa shape index (κ1) is 13.5. The van der Waals surface area contributed by atoms with Gasteiger partial charge in [0.25, 0.3) is 0 Å². The van der Waals surface area contributed by atoms with Gasteiger partial charge in [-0.25, -0.2) is 4.79 Å². The molecule has 4 heteroatoms. The maximum absolute atomic E-state index is 10.9. The quantitative estimate of drug-likeness (QED) is 0.825. The lowest BCUT2D eigenvalue weighted by Gasteiger charge is -2.18. The number of carboxylic acid groups (broad SMARTS) is 1. The molecule has 0 fully saturated rings. The highest BCUT2D eigenvalue weighted by molar-refractivity contribution is 5.90. The SMILES string of the molecule is Cc1c(OCCC(C)(C)O)cccc1C(=O)O. The minimum absolute atomic E-state index is 0.241. The van der Waals surface area contributed by atoms with Crippen LogP contribution >= 0.6 is 0 Å². The predicted molar refractivity (Wildman–Crippen MR) is 64.5 cm³/mol. The molecule has 0 amide bonds. The number of hydrogen-bond acceptors (Lipinski definition) is 3. The molecule has 0 spiro atoms. The van der Waals surface area contributed by atoms with E-state index in [4.69, 9.17) is 9.84 Å². The summed E-state index contributed by atoms with van der Waals surface area (Å²) in [6.45, 7) is 5.48. The molecule has 1 aromatic rings. The second-order valence-electron chi connectivity index (χ2n) is 4.64. The molecule has 0 saturated heterocycles. The van der Waals surface area contributed by atoms with Crippen LogP contribution in [0.4, 0.5) is 0 Å². The first-order valence-electron chi connectivity index (χ1n) is 5.49. The Hall–Kier alpha value is -1.55. The minimum Gasteiger partial charge on any atom is -0.493 e. The molecule has 0 aliphatic rings. The second kappa shape index (κ2) is 5.19. The summed E-state index contributed by atoms with van der Waals surface area (Å²) in [4.78, 5) is 10.9. The molecule has 0 atom stereocenters. The van der Waals surface area contributed by atoms with Gasteiger partial charge in [0.1, 0.15) is 5.75 Å². The fourth-order valence-electron chi connectivity index (χ4n) is 1.41. The van der Waals surface area contributed by atoms with Crippen LogP contribution in [-0.4, -0.2) is 28.4 Å². The maximum atomic E-state index is 10.9. The van der Waals surface area contributed by atoms with Gasteiger partial charge in [-0.15, -0.1) is 0 Å². The van der Waals surface area contributed by atoms with Gasteiger partial charge in [-0.3, -0.25) is 0 Å². The summed E-state index contributed by atoms with van der Waals surface area (Å²) in [5.74, 6) is -0.412. The monoisotopic (exact) mass is 238 g/mol. The van der Waals surface area contributed by atoms with Crippen LogP contribution in [0, 0.1) is 6.92 Å². The highest BCUT2D eigenvalue weighted by atomic mass is 16.5. The van der Waals surface area contributed by atoms with Crippen molar-refractivity contribution in [1.29, 1.82) is 0 Å². The number of rotatable bonds is 5. The average molecular weight is 238 g/mol. The lowest BCUT2D eigenvalue weighted by Crippen LogP contribution is -2.22. The van der Waals surface area contributed by atoms with Crippen LogP contribution in [0.2, 0.25) is 0 Å². The lowest BCUT2D eigenvalue weighted by molar-refractivity contribution is 0.0549. The zero-order valence-corrected chi connectivity index (χ0v) is 10.4. The van der Waals surface area contributed by atoms with Crippen LogP contribution in [0.25, 0.3) is 0 Å². The predicted octanol–water partition coefficient (Wildman–Crippen LogP) is 2.23. The zero-order chi connectivity index (χ0) is 13.1. The van der Waals surface area contributed by atoms with Gasteiger partial charge < -0.3 is 14.9 Å². The number of carbonyl (C=O) groups is 1. The third kappa shape index (κ3) is 4.07. The Labute approximate surface area is 101 Å². The molecule has 4 nitrogen and oxygen atoms in total. The van der Waals surface area contributed by atoms with Crippen LogP contribution in [0.1, 0.15) is 36.2 Å². The van der Waals surface area contributed by atoms with E-state index in [0.717, 1.165) is 0 Å². The Morgan fingerprint density at radius 3 is 2.59 bits per heavy atom. The van der Waals surface area contributed by atoms with Crippen LogP contribution in [0.15, 0.2) is 18.2 Å². The van der Waals surface area contributed by atoms with Gasteiger partial charge in [0.15, 0.2) is 0 Å². The third-order valence-corrected chi connectivity index (χ3v) is 2.49. The van der Waals surface area contributed by atoms with E-state index in [1.54, 1.807) is 39.0 Å². The average Bonchev–Trinajstić information content (AvgIpc) is 2.18. The van der Waals surface area contributed by atoms with Crippen LogP contribution in [0.5, 0.6) is 5.75 Å². The summed E-state index contributed by atoms with van der Waals surface area (Å²) >= 11 is 0. The van der Waals surface area contributed by atoms with Crippen molar-refractivity contribution in [2.24, 2.45) is 0 Å². The molecule has 0 bridgehead atoms. The molecular formula is C13H18O4. The van der Waals surface area contributed by atoms with Crippen molar-refractivity contribution >= 4 is 5.97 Å². The van der Waals surface area contributed by atoms with E-state index in [9.17, 15) is 9.90 Å². The van der Waals surface area contributed by atoms with Gasteiger partial charge in [0, 0.05) is 12.0 Å². The van der Waals surface area contributed by atoms with Crippen molar-refractivity contribution in [2.75, 3.05) is 6.61 Å². The molecule has 1 aromatic carbocycles. The fraction of sp³-hybridized carbons (Fsp3) is 0.462. The molecule has 0 aromatic heterocycles. The summed E-state index contributed by atoms with van der Waals surface area (Å²) in [5, 5.41) is 18.5. The van der Waals surface area contributed by atoms with Gasteiger partial charge in [0.05, 0.1) is 17.8 Å². The molecule has 0 aliphatic carbocycles. The summed E-state index contributed by atoms with van der Waals surface area (Å²) in [6, 6.07) is 4.92. The molecule has 0 radical (unpaired) electrons. The lowest BCUT2D eigenvalue weighted by atomic mass is 10.1. The van der Waals surface area contributed by atoms with Crippen molar-refractivity contribution in [3.05, 3.63) is 29.3 Å². The molecule has 17 heavy (non-hydrogen) atoms. The first-order valence-corrected chi connectivity index (χ1v) is 5.49. The molecular weight excluding hydrogens is 220 g/mol. The highest BCUT2D eigenvalue weighted by Gasteiger charge is 2.14. The van der Waals surface area contributed by atoms with Crippen molar-refractivity contribution in [3.63, 3.8) is 0 Å². The van der Waals surface area contributed by atoms with Crippen molar-refractivity contribution in [2.45, 2.75) is 32.8 Å². The van der Waals surface area contributed by atoms with E-state index in [2.05, 4.69) is 0 Å². The van der Waals surface area contributed by atoms with Gasteiger partial charge in [-0.2, -0.15) is 0 Å². The molecule has 1 rings (SSSR count). The van der Waals surface area contributed by atoms with Gasteiger partial charge in [-0.05, 0) is 32.9 Å². The fourth-order valence-corrected chi connectivity index (χ4v) is 1.41. The maximum Gasteiger partial charge on any atom is 0.336 e. The standard InChI is InChI=1S/C13H18O4/c1-9-10(12(14)15)5-4-6-11(9)17-8-7-13(2,3)16/h4-6,16H,7-8H2,1-3H3,(H,14,15). The van der Waals surface area contributed by atoms with Crippen LogP contribution in [-0.2, 0) is 0 Å². The van der Waals surface area contributed by atoms with Crippen molar-refractivity contribution in [3.8, 4) is 5.75 Å². The van der Waals surface area contributed by atoms with E-state index < -0.39 is 11.6 Å². The summed E-state index contributed by atoms with van der Waals surface area (Å²) < 4.78 is 5.48. The van der Waals surface area contributed by atoms with E-state index in [-0.39, 0.29) is 5.56 Å². The normalized spacial score (nSPS) is 11.3. The van der Waals surface area contributed by atoms with E-state index in [0.29, 0.717) is 24.3 Å². The van der Waals surface area contributed by atoms with E-state index >= 15 is 0 Å². The molecule has 0 aliphatic heterocycles. The molecule has 94 valence electrons. The van der Waals surface area contributed by atoms with Crippen molar-refractivity contribution < 1.29 is 19.7 Å². The molecule has 0 heterocycles. The molecule has 0 saturated carbocycles. The zero-order valence-electron chi connectivity index (χ0n) is 10.4. The van der Waals surface area contributed by atoms with Gasteiger partial charge in [-0.1, -0.05) is 6.07 Å².